The van der Waals surface area contributed by atoms with E-state index in [2.05, 4.69) is 54.1 Å². The Balaban J connectivity index is 0.00000280. The van der Waals surface area contributed by atoms with Crippen molar-refractivity contribution in [3.05, 3.63) is 40.9 Å². The van der Waals surface area contributed by atoms with Gasteiger partial charge in [0.2, 0.25) is 0 Å². The molecule has 0 aliphatic heterocycles. The quantitative estimate of drug-likeness (QED) is 0.308. The molecule has 154 valence electrons. The minimum Gasteiger partial charge on any atom is -0.393 e. The zero-order valence-electron chi connectivity index (χ0n) is 16.6. The summed E-state index contributed by atoms with van der Waals surface area (Å²) in [4.78, 5) is 9.47. The SMILES string of the molecule is CCNC(=NCCc1csc(-c2ccc(C)cc2)n1)NC1CCC(O)CC1.I. The number of aryl methyl sites for hydroxylation is 1. The maximum absolute atomic E-state index is 9.65. The first-order valence-corrected chi connectivity index (χ1v) is 10.8. The lowest BCUT2D eigenvalue weighted by Crippen LogP contribution is -2.45. The molecule has 1 aliphatic rings. The second-order valence-electron chi connectivity index (χ2n) is 7.17. The van der Waals surface area contributed by atoms with Crippen molar-refractivity contribution in [1.29, 1.82) is 0 Å². The van der Waals surface area contributed by atoms with Gasteiger partial charge in [-0.2, -0.15) is 0 Å². The normalized spacial score (nSPS) is 19.8. The van der Waals surface area contributed by atoms with Crippen molar-refractivity contribution in [1.82, 2.24) is 15.6 Å². The minimum atomic E-state index is -0.130. The van der Waals surface area contributed by atoms with Crippen LogP contribution >= 0.6 is 35.3 Å². The molecule has 3 N–H and O–H groups in total. The molecular formula is C21H31IN4OS. The second kappa shape index (κ2) is 11.7. The van der Waals surface area contributed by atoms with Gasteiger partial charge in [0.15, 0.2) is 5.96 Å². The third-order valence-electron chi connectivity index (χ3n) is 4.87. The maximum Gasteiger partial charge on any atom is 0.191 e. The summed E-state index contributed by atoms with van der Waals surface area (Å²) in [5.41, 5.74) is 3.53. The van der Waals surface area contributed by atoms with Gasteiger partial charge in [-0.3, -0.25) is 4.99 Å². The molecule has 0 unspecified atom stereocenters. The molecule has 28 heavy (non-hydrogen) atoms. The van der Waals surface area contributed by atoms with Crippen molar-refractivity contribution < 1.29 is 5.11 Å². The third kappa shape index (κ3) is 7.00. The first kappa shape index (κ1) is 23.1. The number of nitrogens with zero attached hydrogens (tertiary/aromatic N) is 2. The van der Waals surface area contributed by atoms with Gasteiger partial charge in [-0.15, -0.1) is 35.3 Å². The van der Waals surface area contributed by atoms with Crippen LogP contribution in [0.25, 0.3) is 10.6 Å². The van der Waals surface area contributed by atoms with Crippen molar-refractivity contribution in [3.8, 4) is 10.6 Å². The summed E-state index contributed by atoms with van der Waals surface area (Å²) >= 11 is 1.69. The smallest absolute Gasteiger partial charge is 0.191 e. The van der Waals surface area contributed by atoms with E-state index in [1.807, 2.05) is 0 Å². The van der Waals surface area contributed by atoms with Gasteiger partial charge in [0.1, 0.15) is 5.01 Å². The summed E-state index contributed by atoms with van der Waals surface area (Å²) in [5, 5.41) is 19.7. The minimum absolute atomic E-state index is 0. The number of rotatable bonds is 6. The molecule has 1 fully saturated rings. The average molecular weight is 514 g/mol. The molecule has 2 aromatic rings. The van der Waals surface area contributed by atoms with Gasteiger partial charge in [0, 0.05) is 36.5 Å². The van der Waals surface area contributed by atoms with Gasteiger partial charge in [0.25, 0.3) is 0 Å². The van der Waals surface area contributed by atoms with E-state index in [-0.39, 0.29) is 30.1 Å². The summed E-state index contributed by atoms with van der Waals surface area (Å²) in [6.07, 6.45) is 4.45. The highest BCUT2D eigenvalue weighted by Crippen LogP contribution is 2.24. The predicted molar refractivity (Wildman–Crippen MR) is 129 cm³/mol. The molecule has 0 bridgehead atoms. The summed E-state index contributed by atoms with van der Waals surface area (Å²) in [6, 6.07) is 8.91. The largest absolute Gasteiger partial charge is 0.393 e. The number of aliphatic hydroxyl groups excluding tert-OH is 1. The topological polar surface area (TPSA) is 69.5 Å². The van der Waals surface area contributed by atoms with E-state index in [9.17, 15) is 5.11 Å². The second-order valence-corrected chi connectivity index (χ2v) is 8.03. The molecule has 5 nitrogen and oxygen atoms in total. The molecule has 1 aromatic carbocycles. The number of halogens is 1. The first-order chi connectivity index (χ1) is 13.1. The number of benzene rings is 1. The molecule has 0 spiro atoms. The van der Waals surface area contributed by atoms with Crippen molar-refractivity contribution in [2.45, 2.75) is 58.1 Å². The molecule has 1 heterocycles. The van der Waals surface area contributed by atoms with Crippen LogP contribution in [0.2, 0.25) is 0 Å². The fraction of sp³-hybridized carbons (Fsp3) is 0.524. The van der Waals surface area contributed by atoms with Crippen LogP contribution < -0.4 is 10.6 Å². The molecule has 0 saturated heterocycles. The number of hydrogen-bond donors (Lipinski definition) is 3. The number of aliphatic hydroxyl groups is 1. The highest BCUT2D eigenvalue weighted by molar-refractivity contribution is 14.0. The van der Waals surface area contributed by atoms with E-state index in [1.165, 1.54) is 11.1 Å². The van der Waals surface area contributed by atoms with E-state index < -0.39 is 0 Å². The summed E-state index contributed by atoms with van der Waals surface area (Å²) in [7, 11) is 0. The Hall–Kier alpha value is -1.19. The summed E-state index contributed by atoms with van der Waals surface area (Å²) < 4.78 is 0. The van der Waals surface area contributed by atoms with Crippen LogP contribution in [0.15, 0.2) is 34.6 Å². The van der Waals surface area contributed by atoms with E-state index in [0.29, 0.717) is 12.6 Å². The standard InChI is InChI=1S/C21H30N4OS.HI/c1-3-22-21(25-17-8-10-19(26)11-9-17)23-13-12-18-14-27-20(24-18)16-6-4-15(2)5-7-16;/h4-7,14,17,19,26H,3,8-13H2,1-2H3,(H2,22,23,25);1H. The Morgan fingerprint density at radius 1 is 1.21 bits per heavy atom. The highest BCUT2D eigenvalue weighted by atomic mass is 127. The van der Waals surface area contributed by atoms with Gasteiger partial charge in [0.05, 0.1) is 11.8 Å². The first-order valence-electron chi connectivity index (χ1n) is 9.88. The highest BCUT2D eigenvalue weighted by Gasteiger charge is 2.19. The van der Waals surface area contributed by atoms with Crippen molar-refractivity contribution in [2.24, 2.45) is 4.99 Å². The van der Waals surface area contributed by atoms with Gasteiger partial charge < -0.3 is 15.7 Å². The monoisotopic (exact) mass is 514 g/mol. The van der Waals surface area contributed by atoms with Crippen LogP contribution in [0.5, 0.6) is 0 Å². The number of guanidine groups is 1. The van der Waals surface area contributed by atoms with Gasteiger partial charge in [-0.25, -0.2) is 4.98 Å². The Bertz CT molecular complexity index is 739. The molecule has 0 amide bonds. The van der Waals surface area contributed by atoms with Crippen molar-refractivity contribution in [3.63, 3.8) is 0 Å². The zero-order chi connectivity index (χ0) is 19.1. The molecule has 1 aliphatic carbocycles. The molecule has 0 radical (unpaired) electrons. The van der Waals surface area contributed by atoms with Crippen LogP contribution in [0.4, 0.5) is 0 Å². The maximum atomic E-state index is 9.65. The lowest BCUT2D eigenvalue weighted by molar-refractivity contribution is 0.120. The predicted octanol–water partition coefficient (Wildman–Crippen LogP) is 4.14. The summed E-state index contributed by atoms with van der Waals surface area (Å²) in [6.45, 7) is 5.73. The zero-order valence-corrected chi connectivity index (χ0v) is 19.8. The van der Waals surface area contributed by atoms with Crippen LogP contribution in [0, 0.1) is 6.92 Å². The van der Waals surface area contributed by atoms with Crippen LogP contribution in [-0.2, 0) is 6.42 Å². The molecule has 1 aromatic heterocycles. The summed E-state index contributed by atoms with van der Waals surface area (Å²) in [5.74, 6) is 0.868. The van der Waals surface area contributed by atoms with Gasteiger partial charge >= 0.3 is 0 Å². The lowest BCUT2D eigenvalue weighted by Gasteiger charge is -2.27. The Morgan fingerprint density at radius 2 is 1.93 bits per heavy atom. The van der Waals surface area contributed by atoms with E-state index >= 15 is 0 Å². The van der Waals surface area contributed by atoms with Crippen LogP contribution in [0.1, 0.15) is 43.9 Å². The van der Waals surface area contributed by atoms with E-state index in [4.69, 9.17) is 9.98 Å². The van der Waals surface area contributed by atoms with Gasteiger partial charge in [-0.05, 0) is 39.5 Å². The third-order valence-corrected chi connectivity index (χ3v) is 5.81. The molecule has 0 atom stereocenters. The fourth-order valence-electron chi connectivity index (χ4n) is 3.27. The Morgan fingerprint density at radius 3 is 2.61 bits per heavy atom. The average Bonchev–Trinajstić information content (AvgIpc) is 3.13. The molecule has 1 saturated carbocycles. The molecular weight excluding hydrogens is 483 g/mol. The Kier molecular flexibility index (Phi) is 9.67. The number of aliphatic imine (C=N–C) groups is 1. The molecule has 7 heteroatoms. The lowest BCUT2D eigenvalue weighted by atomic mass is 9.93. The molecule has 3 rings (SSSR count). The Labute approximate surface area is 189 Å². The van der Waals surface area contributed by atoms with Gasteiger partial charge in [-0.1, -0.05) is 29.8 Å². The number of thiazole rings is 1. The van der Waals surface area contributed by atoms with Crippen molar-refractivity contribution in [2.75, 3.05) is 13.1 Å². The number of aromatic nitrogens is 1. The number of nitrogens with one attached hydrogen (secondary N) is 2. The van der Waals surface area contributed by atoms with E-state index in [0.717, 1.165) is 55.3 Å². The van der Waals surface area contributed by atoms with Crippen molar-refractivity contribution >= 4 is 41.3 Å². The van der Waals surface area contributed by atoms with E-state index in [1.54, 1.807) is 11.3 Å². The van der Waals surface area contributed by atoms with Crippen LogP contribution in [0.3, 0.4) is 0 Å². The van der Waals surface area contributed by atoms with Crippen LogP contribution in [-0.4, -0.2) is 41.3 Å². The fourth-order valence-corrected chi connectivity index (χ4v) is 4.13. The number of hydrogen-bond acceptors (Lipinski definition) is 4.